The van der Waals surface area contributed by atoms with E-state index in [1.165, 1.54) is 0 Å². The van der Waals surface area contributed by atoms with Crippen LogP contribution in [0, 0.1) is 0 Å². The average Bonchev–Trinajstić information content (AvgIpc) is 2.71. The lowest BCUT2D eigenvalue weighted by atomic mass is 10.2. The summed E-state index contributed by atoms with van der Waals surface area (Å²) in [5.41, 5.74) is 1.62. The molecule has 28 heavy (non-hydrogen) atoms. The maximum Gasteiger partial charge on any atom is 0.509 e. The molecule has 1 atom stereocenters. The van der Waals surface area contributed by atoms with Crippen molar-refractivity contribution >= 4 is 25.6 Å². The van der Waals surface area contributed by atoms with Crippen molar-refractivity contribution in [2.75, 3.05) is 12.7 Å². The third-order valence-corrected chi connectivity index (χ3v) is 5.00. The van der Waals surface area contributed by atoms with Gasteiger partial charge < -0.3 is 9.47 Å². The van der Waals surface area contributed by atoms with Crippen molar-refractivity contribution < 1.29 is 32.4 Å². The second-order valence-electron chi connectivity index (χ2n) is 5.70. The molecule has 0 amide bonds. The molecule has 0 aliphatic carbocycles. The van der Waals surface area contributed by atoms with Crippen LogP contribution in [-0.2, 0) is 40.8 Å². The van der Waals surface area contributed by atoms with E-state index in [1.54, 1.807) is 6.92 Å². The minimum atomic E-state index is -3.94. The fourth-order valence-electron chi connectivity index (χ4n) is 2.08. The maximum atomic E-state index is 13.1. The first-order valence-corrected chi connectivity index (χ1v) is 10.5. The lowest BCUT2D eigenvalue weighted by Gasteiger charge is -2.21. The second kappa shape index (κ2) is 11.8. The summed E-state index contributed by atoms with van der Waals surface area (Å²) in [5, 5.41) is 0. The highest BCUT2D eigenvalue weighted by molar-refractivity contribution is 7.48. The van der Waals surface area contributed by atoms with E-state index in [1.807, 2.05) is 60.7 Å². The smallest absolute Gasteiger partial charge is 0.431 e. The SMILES string of the molecule is C[C@@H](COC(=O)OCCl)OP(=O)(OCc1ccccc1)OCc1ccccc1. The number of halogens is 1. The first kappa shape index (κ1) is 22.4. The van der Waals surface area contributed by atoms with Gasteiger partial charge >= 0.3 is 14.0 Å². The third kappa shape index (κ3) is 8.42. The van der Waals surface area contributed by atoms with E-state index >= 15 is 0 Å². The number of benzene rings is 2. The summed E-state index contributed by atoms with van der Waals surface area (Å²) in [4.78, 5) is 11.2. The fourth-order valence-corrected chi connectivity index (χ4v) is 3.48. The number of phosphoric ester groups is 1. The van der Waals surface area contributed by atoms with Crippen LogP contribution in [0.5, 0.6) is 0 Å². The number of phosphoric acid groups is 1. The van der Waals surface area contributed by atoms with Gasteiger partial charge in [0.25, 0.3) is 0 Å². The van der Waals surface area contributed by atoms with Gasteiger partial charge in [-0.05, 0) is 18.1 Å². The molecule has 0 unspecified atom stereocenters. The van der Waals surface area contributed by atoms with Crippen molar-refractivity contribution in [3.63, 3.8) is 0 Å². The van der Waals surface area contributed by atoms with Crippen LogP contribution in [-0.4, -0.2) is 24.9 Å². The number of hydrogen-bond donors (Lipinski definition) is 0. The summed E-state index contributed by atoms with van der Waals surface area (Å²) in [5.74, 6) is 0. The van der Waals surface area contributed by atoms with E-state index in [0.29, 0.717) is 0 Å². The van der Waals surface area contributed by atoms with E-state index in [4.69, 9.17) is 29.9 Å². The number of ether oxygens (including phenoxy) is 2. The van der Waals surface area contributed by atoms with Gasteiger partial charge in [-0.2, -0.15) is 0 Å². The quantitative estimate of drug-likeness (QED) is 0.273. The van der Waals surface area contributed by atoms with Gasteiger partial charge in [-0.15, -0.1) is 0 Å². The second-order valence-corrected chi connectivity index (χ2v) is 7.54. The molecule has 2 aromatic rings. The molecule has 0 aromatic heterocycles. The normalized spacial score (nSPS) is 12.4. The van der Waals surface area contributed by atoms with Crippen LogP contribution in [0.3, 0.4) is 0 Å². The Balaban J connectivity index is 1.97. The van der Waals surface area contributed by atoms with Crippen molar-refractivity contribution in [1.82, 2.24) is 0 Å². The molecule has 0 saturated heterocycles. The van der Waals surface area contributed by atoms with Crippen molar-refractivity contribution in [3.8, 4) is 0 Å². The van der Waals surface area contributed by atoms with E-state index in [-0.39, 0.29) is 25.9 Å². The zero-order valence-electron chi connectivity index (χ0n) is 15.4. The molecule has 0 bridgehead atoms. The van der Waals surface area contributed by atoms with Crippen LogP contribution < -0.4 is 0 Å². The molecule has 0 aliphatic heterocycles. The van der Waals surface area contributed by atoms with Gasteiger partial charge in [-0.25, -0.2) is 9.36 Å². The Morgan fingerprint density at radius 1 is 0.929 bits per heavy atom. The highest BCUT2D eigenvalue weighted by atomic mass is 35.5. The lowest BCUT2D eigenvalue weighted by molar-refractivity contribution is 0.0172. The molecule has 2 rings (SSSR count). The standard InChI is InChI=1S/C19H22ClO7P/c1-16(12-23-19(21)24-15-20)27-28(22,25-13-17-8-4-2-5-9-17)26-14-18-10-6-3-7-11-18/h2-11,16H,12-15H2,1H3/t16-/m0/s1. The predicted octanol–water partition coefficient (Wildman–Crippen LogP) is 5.28. The van der Waals surface area contributed by atoms with Crippen LogP contribution >= 0.6 is 19.4 Å². The molecule has 9 heteroatoms. The summed E-state index contributed by atoms with van der Waals surface area (Å²) in [6.45, 7) is 1.44. The molecule has 0 saturated carbocycles. The molecule has 0 N–H and O–H groups in total. The predicted molar refractivity (Wildman–Crippen MR) is 104 cm³/mol. The van der Waals surface area contributed by atoms with Crippen LogP contribution in [0.4, 0.5) is 4.79 Å². The molecule has 2 aromatic carbocycles. The Labute approximate surface area is 169 Å². The number of rotatable bonds is 11. The van der Waals surface area contributed by atoms with Crippen molar-refractivity contribution in [2.24, 2.45) is 0 Å². The maximum absolute atomic E-state index is 13.1. The summed E-state index contributed by atoms with van der Waals surface area (Å²) in [7, 11) is -3.94. The lowest BCUT2D eigenvalue weighted by Crippen LogP contribution is -2.19. The zero-order chi connectivity index (χ0) is 20.2. The average molecular weight is 429 g/mol. The van der Waals surface area contributed by atoms with Crippen molar-refractivity contribution in [1.29, 1.82) is 0 Å². The monoisotopic (exact) mass is 428 g/mol. The Hall–Kier alpha value is -1.89. The highest BCUT2D eigenvalue weighted by Crippen LogP contribution is 2.52. The first-order chi connectivity index (χ1) is 13.5. The molecule has 0 heterocycles. The summed E-state index contributed by atoms with van der Waals surface area (Å²) >= 11 is 5.28. The van der Waals surface area contributed by atoms with Gasteiger partial charge in [-0.3, -0.25) is 13.6 Å². The topological polar surface area (TPSA) is 80.3 Å². The Morgan fingerprint density at radius 3 is 1.89 bits per heavy atom. The summed E-state index contributed by atoms with van der Waals surface area (Å²) in [6, 6.07) is 18.1. The van der Waals surface area contributed by atoms with Crippen LogP contribution in [0.25, 0.3) is 0 Å². The summed E-state index contributed by atoms with van der Waals surface area (Å²) in [6.07, 6.45) is -1.71. The molecule has 0 aliphatic rings. The molecular formula is C19H22ClO7P. The van der Waals surface area contributed by atoms with E-state index in [0.717, 1.165) is 11.1 Å². The molecular weight excluding hydrogens is 407 g/mol. The molecule has 152 valence electrons. The first-order valence-electron chi connectivity index (χ1n) is 8.51. The Bertz CT molecular complexity index is 710. The number of carbonyl (C=O) groups excluding carboxylic acids is 1. The zero-order valence-corrected chi connectivity index (χ0v) is 17.0. The molecule has 0 fully saturated rings. The molecule has 7 nitrogen and oxygen atoms in total. The van der Waals surface area contributed by atoms with E-state index in [9.17, 15) is 9.36 Å². The van der Waals surface area contributed by atoms with Crippen molar-refractivity contribution in [2.45, 2.75) is 26.2 Å². The number of carbonyl (C=O) groups is 1. The summed E-state index contributed by atoms with van der Waals surface area (Å²) < 4.78 is 38.8. The highest BCUT2D eigenvalue weighted by Gasteiger charge is 2.30. The van der Waals surface area contributed by atoms with Gasteiger partial charge in [-0.1, -0.05) is 72.3 Å². The van der Waals surface area contributed by atoms with Gasteiger partial charge in [0.1, 0.15) is 12.7 Å². The van der Waals surface area contributed by atoms with Crippen LogP contribution in [0.1, 0.15) is 18.1 Å². The van der Waals surface area contributed by atoms with Gasteiger partial charge in [0.15, 0.2) is 6.07 Å². The third-order valence-electron chi connectivity index (χ3n) is 3.38. The largest absolute Gasteiger partial charge is 0.509 e. The number of alkyl halides is 1. The van der Waals surface area contributed by atoms with Gasteiger partial charge in [0.05, 0.1) is 13.2 Å². The van der Waals surface area contributed by atoms with Crippen molar-refractivity contribution in [3.05, 3.63) is 71.8 Å². The minimum absolute atomic E-state index is 0.0365. The van der Waals surface area contributed by atoms with Crippen LogP contribution in [0.2, 0.25) is 0 Å². The Kier molecular flexibility index (Phi) is 9.47. The van der Waals surface area contributed by atoms with E-state index < -0.39 is 20.1 Å². The molecule has 0 radical (unpaired) electrons. The fraction of sp³-hybridized carbons (Fsp3) is 0.316. The van der Waals surface area contributed by atoms with Gasteiger partial charge in [0.2, 0.25) is 0 Å². The number of hydrogen-bond acceptors (Lipinski definition) is 7. The van der Waals surface area contributed by atoms with E-state index in [2.05, 4.69) is 4.74 Å². The van der Waals surface area contributed by atoms with Crippen LogP contribution in [0.15, 0.2) is 60.7 Å². The Morgan fingerprint density at radius 2 is 1.43 bits per heavy atom. The van der Waals surface area contributed by atoms with Gasteiger partial charge in [0, 0.05) is 0 Å². The molecule has 0 spiro atoms. The minimum Gasteiger partial charge on any atom is -0.431 e.